The van der Waals surface area contributed by atoms with Gasteiger partial charge in [0.15, 0.2) is 0 Å². The molecular formula is C7H12F2O. The van der Waals surface area contributed by atoms with Crippen LogP contribution in [0.2, 0.25) is 0 Å². The minimum absolute atomic E-state index is 0.189. The first kappa shape index (κ1) is 9.53. The monoisotopic (exact) mass is 150 g/mol. The molecule has 0 saturated carbocycles. The summed E-state index contributed by atoms with van der Waals surface area (Å²) in [4.78, 5) is 10.2. The number of carbonyl (C=O) groups excluding carboxylic acids is 1. The predicted octanol–water partition coefficient (Wildman–Crippen LogP) is 2.26. The molecule has 0 aromatic carbocycles. The molecule has 1 nitrogen and oxygen atoms in total. The average Bonchev–Trinajstić information content (AvgIpc) is 1.85. The van der Waals surface area contributed by atoms with Crippen LogP contribution in [0, 0.1) is 5.41 Å². The summed E-state index contributed by atoms with van der Waals surface area (Å²) < 4.78 is 23.2. The highest BCUT2D eigenvalue weighted by Gasteiger charge is 2.18. The van der Waals surface area contributed by atoms with Crippen molar-refractivity contribution in [3.63, 3.8) is 0 Å². The van der Waals surface area contributed by atoms with E-state index in [0.717, 1.165) is 6.29 Å². The third kappa shape index (κ3) is 4.41. The lowest BCUT2D eigenvalue weighted by Crippen LogP contribution is -2.13. The van der Waals surface area contributed by atoms with Crippen LogP contribution in [0.15, 0.2) is 0 Å². The molecule has 0 aromatic rings. The molecule has 0 aliphatic heterocycles. The summed E-state index contributed by atoms with van der Waals surface area (Å²) in [7, 11) is 0. The van der Waals surface area contributed by atoms with Gasteiger partial charge in [-0.05, 0) is 6.42 Å². The van der Waals surface area contributed by atoms with E-state index in [1.807, 2.05) is 0 Å². The van der Waals surface area contributed by atoms with Crippen molar-refractivity contribution in [2.75, 3.05) is 0 Å². The van der Waals surface area contributed by atoms with Gasteiger partial charge in [0.05, 0.1) is 0 Å². The number of aldehydes is 1. The number of alkyl halides is 2. The van der Waals surface area contributed by atoms with E-state index in [2.05, 4.69) is 0 Å². The normalized spacial score (nSPS) is 12.1. The molecule has 0 spiro atoms. The number of carbonyl (C=O) groups is 1. The highest BCUT2D eigenvalue weighted by molar-refractivity contribution is 5.57. The van der Waals surface area contributed by atoms with Crippen molar-refractivity contribution >= 4 is 6.29 Å². The molecule has 0 amide bonds. The third-order valence-electron chi connectivity index (χ3n) is 1.33. The number of rotatable bonds is 4. The van der Waals surface area contributed by atoms with Gasteiger partial charge in [-0.3, -0.25) is 0 Å². The summed E-state index contributed by atoms with van der Waals surface area (Å²) >= 11 is 0. The molecule has 10 heavy (non-hydrogen) atoms. The quantitative estimate of drug-likeness (QED) is 0.562. The van der Waals surface area contributed by atoms with E-state index in [4.69, 9.17) is 0 Å². The van der Waals surface area contributed by atoms with Crippen molar-refractivity contribution < 1.29 is 13.6 Å². The molecule has 0 aromatic heterocycles. The van der Waals surface area contributed by atoms with Crippen LogP contribution in [0.25, 0.3) is 0 Å². The first-order chi connectivity index (χ1) is 4.48. The fraction of sp³-hybridized carbons (Fsp3) is 0.857. The zero-order valence-corrected chi connectivity index (χ0v) is 6.23. The Hall–Kier alpha value is -0.470. The summed E-state index contributed by atoms with van der Waals surface area (Å²) in [6, 6.07) is 0. The fourth-order valence-corrected chi connectivity index (χ4v) is 0.540. The van der Waals surface area contributed by atoms with Gasteiger partial charge in [0, 0.05) is 11.8 Å². The van der Waals surface area contributed by atoms with E-state index in [1.54, 1.807) is 13.8 Å². The lowest BCUT2D eigenvalue weighted by Gasteiger charge is -2.15. The van der Waals surface area contributed by atoms with Gasteiger partial charge in [-0.15, -0.1) is 0 Å². The Bertz CT molecular complexity index is 110. The van der Waals surface area contributed by atoms with Crippen molar-refractivity contribution in [2.45, 2.75) is 33.1 Å². The van der Waals surface area contributed by atoms with Gasteiger partial charge >= 0.3 is 0 Å². The van der Waals surface area contributed by atoms with Crippen LogP contribution in [0.4, 0.5) is 8.78 Å². The molecule has 0 radical (unpaired) electrons. The molecule has 0 N–H and O–H groups in total. The SMILES string of the molecule is CC(C)(C=O)CCC(F)F. The number of hydrogen-bond acceptors (Lipinski definition) is 1. The van der Waals surface area contributed by atoms with Crippen LogP contribution < -0.4 is 0 Å². The zero-order chi connectivity index (χ0) is 8.20. The summed E-state index contributed by atoms with van der Waals surface area (Å²) in [5.74, 6) is 0. The first-order valence-electron chi connectivity index (χ1n) is 3.22. The summed E-state index contributed by atoms with van der Waals surface area (Å²) in [5.41, 5.74) is -0.587. The van der Waals surface area contributed by atoms with Crippen LogP contribution in [0.3, 0.4) is 0 Å². The van der Waals surface area contributed by atoms with Gasteiger partial charge in [0.2, 0.25) is 6.43 Å². The van der Waals surface area contributed by atoms with Gasteiger partial charge in [-0.2, -0.15) is 0 Å². The molecule has 0 saturated heterocycles. The van der Waals surface area contributed by atoms with E-state index < -0.39 is 11.8 Å². The van der Waals surface area contributed by atoms with Crippen molar-refractivity contribution in [3.8, 4) is 0 Å². The molecule has 0 atom stereocenters. The van der Waals surface area contributed by atoms with Crippen LogP contribution in [-0.2, 0) is 4.79 Å². The Balaban J connectivity index is 3.56. The number of hydrogen-bond donors (Lipinski definition) is 0. The van der Waals surface area contributed by atoms with Crippen molar-refractivity contribution in [2.24, 2.45) is 5.41 Å². The summed E-state index contributed by atoms with van der Waals surface area (Å²) in [5, 5.41) is 0. The summed E-state index contributed by atoms with van der Waals surface area (Å²) in [6.45, 7) is 3.31. The van der Waals surface area contributed by atoms with E-state index in [9.17, 15) is 13.6 Å². The molecular weight excluding hydrogens is 138 g/mol. The van der Waals surface area contributed by atoms with Crippen LogP contribution in [0.5, 0.6) is 0 Å². The van der Waals surface area contributed by atoms with E-state index in [0.29, 0.717) is 0 Å². The lowest BCUT2D eigenvalue weighted by molar-refractivity contribution is -0.115. The zero-order valence-electron chi connectivity index (χ0n) is 6.23. The minimum atomic E-state index is -2.29. The van der Waals surface area contributed by atoms with Crippen LogP contribution in [-0.4, -0.2) is 12.7 Å². The molecule has 60 valence electrons. The van der Waals surface area contributed by atoms with Crippen molar-refractivity contribution in [3.05, 3.63) is 0 Å². The molecule has 0 aliphatic carbocycles. The van der Waals surface area contributed by atoms with Crippen molar-refractivity contribution in [1.29, 1.82) is 0 Å². The maximum Gasteiger partial charge on any atom is 0.238 e. The summed E-state index contributed by atoms with van der Waals surface area (Å²) in [6.07, 6.45) is -1.51. The molecule has 0 rings (SSSR count). The molecule has 0 unspecified atom stereocenters. The second-order valence-electron chi connectivity index (χ2n) is 3.04. The standard InChI is InChI=1S/C7H12F2O/c1-7(2,5-10)4-3-6(8)9/h5-6H,3-4H2,1-2H3. The molecule has 3 heteroatoms. The van der Waals surface area contributed by atoms with Gasteiger partial charge in [0.25, 0.3) is 0 Å². The Morgan fingerprint density at radius 1 is 1.50 bits per heavy atom. The van der Waals surface area contributed by atoms with E-state index >= 15 is 0 Å². The highest BCUT2D eigenvalue weighted by Crippen LogP contribution is 2.21. The van der Waals surface area contributed by atoms with Gasteiger partial charge in [-0.1, -0.05) is 13.8 Å². The maximum atomic E-state index is 11.6. The van der Waals surface area contributed by atoms with Crippen molar-refractivity contribution in [1.82, 2.24) is 0 Å². The smallest absolute Gasteiger partial charge is 0.238 e. The van der Waals surface area contributed by atoms with Crippen LogP contribution >= 0.6 is 0 Å². The Morgan fingerprint density at radius 3 is 2.30 bits per heavy atom. The Labute approximate surface area is 59.4 Å². The average molecular weight is 150 g/mol. The first-order valence-corrected chi connectivity index (χ1v) is 3.22. The van der Waals surface area contributed by atoms with E-state index in [-0.39, 0.29) is 12.8 Å². The third-order valence-corrected chi connectivity index (χ3v) is 1.33. The van der Waals surface area contributed by atoms with Crippen LogP contribution in [0.1, 0.15) is 26.7 Å². The predicted molar refractivity (Wildman–Crippen MR) is 35.1 cm³/mol. The van der Waals surface area contributed by atoms with Gasteiger partial charge in [0.1, 0.15) is 6.29 Å². The Kier molecular flexibility index (Phi) is 3.47. The lowest BCUT2D eigenvalue weighted by atomic mass is 9.90. The minimum Gasteiger partial charge on any atom is -0.303 e. The fourth-order valence-electron chi connectivity index (χ4n) is 0.540. The van der Waals surface area contributed by atoms with Gasteiger partial charge < -0.3 is 4.79 Å². The second kappa shape index (κ2) is 3.64. The topological polar surface area (TPSA) is 17.1 Å². The number of halogens is 2. The highest BCUT2D eigenvalue weighted by atomic mass is 19.3. The molecule has 0 aliphatic rings. The molecule has 0 fully saturated rings. The second-order valence-corrected chi connectivity index (χ2v) is 3.04. The van der Waals surface area contributed by atoms with E-state index in [1.165, 1.54) is 0 Å². The van der Waals surface area contributed by atoms with Gasteiger partial charge in [-0.25, -0.2) is 8.78 Å². The molecule has 0 bridgehead atoms. The Morgan fingerprint density at radius 2 is 2.00 bits per heavy atom. The maximum absolute atomic E-state index is 11.6. The molecule has 0 heterocycles. The largest absolute Gasteiger partial charge is 0.303 e.